The van der Waals surface area contributed by atoms with Crippen LogP contribution in [0.3, 0.4) is 0 Å². The van der Waals surface area contributed by atoms with Gasteiger partial charge in [-0.1, -0.05) is 0 Å². The molecule has 36 valence electrons. The summed E-state index contributed by atoms with van der Waals surface area (Å²) < 4.78 is 0. The highest BCUT2D eigenvalue weighted by Crippen LogP contribution is 1.59. The number of nitrogens with one attached hydrogen (secondary N) is 1. The zero-order valence-corrected chi connectivity index (χ0v) is 3.18. The number of hydrogen-bond acceptors (Lipinski definition) is 3. The summed E-state index contributed by atoms with van der Waals surface area (Å²) in [7, 11) is 0. The molecule has 0 aromatic rings. The molecule has 0 bridgehead atoms. The quantitative estimate of drug-likeness (QED) is 0.173. The largest absolute Gasteiger partial charge is 0.384 e. The lowest BCUT2D eigenvalue weighted by Crippen LogP contribution is -2.35. The topological polar surface area (TPSA) is 96.1 Å². The molecule has 0 aliphatic rings. The van der Waals surface area contributed by atoms with E-state index in [4.69, 9.17) is 10.5 Å². The monoisotopic (exact) mass is 89.1 g/mol. The van der Waals surface area contributed by atoms with Crippen LogP contribution in [-0.2, 0) is 0 Å². The van der Waals surface area contributed by atoms with E-state index in [0.717, 1.165) is 0 Å². The molecule has 0 rings (SSSR count). The zero-order chi connectivity index (χ0) is 5.15. The van der Waals surface area contributed by atoms with E-state index in [1.165, 1.54) is 0 Å². The molecular formula is C2H7N3O. The van der Waals surface area contributed by atoms with Crippen molar-refractivity contribution in [2.45, 2.75) is 6.23 Å². The van der Waals surface area contributed by atoms with E-state index >= 15 is 0 Å². The van der Waals surface area contributed by atoms with Crippen molar-refractivity contribution in [3.8, 4) is 0 Å². The number of amidine groups is 1. The third-order valence-electron chi connectivity index (χ3n) is 0.319. The Kier molecular flexibility index (Phi) is 1.56. The molecule has 0 aliphatic heterocycles. The van der Waals surface area contributed by atoms with Gasteiger partial charge in [0.05, 0.1) is 0 Å². The fourth-order valence-electron chi connectivity index (χ4n) is 0. The Hall–Kier alpha value is -0.610. The van der Waals surface area contributed by atoms with Gasteiger partial charge in [0.15, 0.2) is 6.23 Å². The molecule has 0 fully saturated rings. The molecule has 0 aliphatic carbocycles. The van der Waals surface area contributed by atoms with E-state index in [1.54, 1.807) is 0 Å². The first kappa shape index (κ1) is 5.39. The van der Waals surface area contributed by atoms with Crippen LogP contribution >= 0.6 is 0 Å². The average Bonchev–Trinajstić information content (AvgIpc) is 1.36. The van der Waals surface area contributed by atoms with Gasteiger partial charge in [0.2, 0.25) is 0 Å². The smallest absolute Gasteiger partial charge is 0.160 e. The standard InChI is InChI=1S/C2H7N3O/c3-1(4)2(5)6/h2,6H,5H2,(H3,3,4). The van der Waals surface area contributed by atoms with Gasteiger partial charge in [0.1, 0.15) is 5.84 Å². The van der Waals surface area contributed by atoms with Gasteiger partial charge in [0.25, 0.3) is 0 Å². The summed E-state index contributed by atoms with van der Waals surface area (Å²) in [5, 5.41) is 14.4. The van der Waals surface area contributed by atoms with Crippen molar-refractivity contribution in [2.24, 2.45) is 11.5 Å². The molecule has 6 N–H and O–H groups in total. The molecule has 0 spiro atoms. The molecule has 0 heterocycles. The van der Waals surface area contributed by atoms with Gasteiger partial charge < -0.3 is 10.8 Å². The van der Waals surface area contributed by atoms with Gasteiger partial charge in [-0.3, -0.25) is 11.1 Å². The molecule has 1 unspecified atom stereocenters. The summed E-state index contributed by atoms with van der Waals surface area (Å²) in [4.78, 5) is 0. The van der Waals surface area contributed by atoms with Crippen LogP contribution < -0.4 is 11.5 Å². The maximum Gasteiger partial charge on any atom is 0.160 e. The van der Waals surface area contributed by atoms with Crippen molar-refractivity contribution in [3.05, 3.63) is 0 Å². The molecule has 0 saturated heterocycles. The van der Waals surface area contributed by atoms with Crippen LogP contribution in [0.15, 0.2) is 0 Å². The van der Waals surface area contributed by atoms with Crippen LogP contribution in [0.2, 0.25) is 0 Å². The van der Waals surface area contributed by atoms with Crippen molar-refractivity contribution in [3.63, 3.8) is 0 Å². The van der Waals surface area contributed by atoms with E-state index in [2.05, 4.69) is 11.5 Å². The first-order valence-electron chi connectivity index (χ1n) is 1.42. The highest BCUT2D eigenvalue weighted by atomic mass is 16.3. The van der Waals surface area contributed by atoms with Gasteiger partial charge in [-0.05, 0) is 0 Å². The average molecular weight is 89.1 g/mol. The summed E-state index contributed by atoms with van der Waals surface area (Å²) in [6.45, 7) is 0. The number of hydrogen-bond donors (Lipinski definition) is 4. The minimum Gasteiger partial charge on any atom is -0.384 e. The Morgan fingerprint density at radius 3 is 2.00 bits per heavy atom. The highest BCUT2D eigenvalue weighted by Gasteiger charge is 1.93. The number of aliphatic hydroxyl groups excluding tert-OH is 1. The fourth-order valence-corrected chi connectivity index (χ4v) is 0. The minimum atomic E-state index is -1.29. The lowest BCUT2D eigenvalue weighted by atomic mass is 10.6. The van der Waals surface area contributed by atoms with Crippen molar-refractivity contribution >= 4 is 5.84 Å². The third-order valence-corrected chi connectivity index (χ3v) is 0.319. The van der Waals surface area contributed by atoms with Crippen molar-refractivity contribution in [1.82, 2.24) is 0 Å². The van der Waals surface area contributed by atoms with Crippen molar-refractivity contribution in [2.75, 3.05) is 0 Å². The summed E-state index contributed by atoms with van der Waals surface area (Å²) >= 11 is 0. The predicted octanol–water partition coefficient (Wildman–Crippen LogP) is -1.80. The first-order chi connectivity index (χ1) is 2.64. The normalized spacial score (nSPS) is 13.7. The van der Waals surface area contributed by atoms with E-state index in [0.29, 0.717) is 0 Å². The van der Waals surface area contributed by atoms with Crippen LogP contribution in [0.1, 0.15) is 0 Å². The Balaban J connectivity index is 3.26. The van der Waals surface area contributed by atoms with Crippen LogP contribution in [-0.4, -0.2) is 17.2 Å². The van der Waals surface area contributed by atoms with Crippen molar-refractivity contribution < 1.29 is 5.11 Å². The third kappa shape index (κ3) is 1.68. The predicted molar refractivity (Wildman–Crippen MR) is 22.1 cm³/mol. The molecule has 0 saturated carbocycles. The number of nitrogens with two attached hydrogens (primary N) is 2. The number of aliphatic hydroxyl groups is 1. The van der Waals surface area contributed by atoms with E-state index in [-0.39, 0.29) is 0 Å². The molecule has 4 nitrogen and oxygen atoms in total. The Labute approximate surface area is 35.3 Å². The second-order valence-corrected chi connectivity index (χ2v) is 0.900. The van der Waals surface area contributed by atoms with Crippen LogP contribution in [0.4, 0.5) is 0 Å². The fraction of sp³-hybridized carbons (Fsp3) is 0.500. The second-order valence-electron chi connectivity index (χ2n) is 0.900. The molecular weight excluding hydrogens is 82.0 g/mol. The van der Waals surface area contributed by atoms with Crippen LogP contribution in [0.25, 0.3) is 0 Å². The first-order valence-corrected chi connectivity index (χ1v) is 1.42. The lowest BCUT2D eigenvalue weighted by Gasteiger charge is -1.95. The number of rotatable bonds is 1. The van der Waals surface area contributed by atoms with E-state index in [9.17, 15) is 0 Å². The van der Waals surface area contributed by atoms with Crippen LogP contribution in [0.5, 0.6) is 0 Å². The summed E-state index contributed by atoms with van der Waals surface area (Å²) in [6, 6.07) is 0. The maximum atomic E-state index is 8.06. The van der Waals surface area contributed by atoms with Gasteiger partial charge in [-0.25, -0.2) is 0 Å². The van der Waals surface area contributed by atoms with Crippen LogP contribution in [0, 0.1) is 5.41 Å². The molecule has 1 atom stereocenters. The van der Waals surface area contributed by atoms with Crippen molar-refractivity contribution in [1.29, 1.82) is 5.41 Å². The summed E-state index contributed by atoms with van der Waals surface area (Å²) in [6.07, 6.45) is -1.29. The molecule has 0 aromatic heterocycles. The summed E-state index contributed by atoms with van der Waals surface area (Å²) in [5.74, 6) is -0.407. The Morgan fingerprint density at radius 2 is 2.00 bits per heavy atom. The van der Waals surface area contributed by atoms with Gasteiger partial charge in [0, 0.05) is 0 Å². The molecule has 6 heavy (non-hydrogen) atoms. The van der Waals surface area contributed by atoms with Gasteiger partial charge >= 0.3 is 0 Å². The SMILES string of the molecule is N=C(N)C(N)O. The van der Waals surface area contributed by atoms with E-state index < -0.39 is 12.1 Å². The molecule has 0 radical (unpaired) electrons. The molecule has 0 amide bonds. The van der Waals surface area contributed by atoms with Gasteiger partial charge in [-0.15, -0.1) is 0 Å². The lowest BCUT2D eigenvalue weighted by molar-refractivity contribution is 0.247. The zero-order valence-electron chi connectivity index (χ0n) is 3.18. The molecule has 4 heteroatoms. The Bertz CT molecular complexity index is 59.8. The highest BCUT2D eigenvalue weighted by molar-refractivity contribution is 5.80. The minimum absolute atomic E-state index is 0.407. The second kappa shape index (κ2) is 1.74. The maximum absolute atomic E-state index is 8.06. The molecule has 0 aromatic carbocycles. The Morgan fingerprint density at radius 1 is 1.83 bits per heavy atom. The van der Waals surface area contributed by atoms with Gasteiger partial charge in [-0.2, -0.15) is 0 Å². The van der Waals surface area contributed by atoms with E-state index in [1.807, 2.05) is 0 Å². The summed E-state index contributed by atoms with van der Waals surface area (Å²) in [5.41, 5.74) is 9.28.